The van der Waals surface area contributed by atoms with E-state index in [2.05, 4.69) is 0 Å². The van der Waals surface area contributed by atoms with Gasteiger partial charge in [-0.25, -0.2) is 8.78 Å². The molecule has 1 N–H and O–H groups in total. The van der Waals surface area contributed by atoms with Crippen LogP contribution in [-0.4, -0.2) is 10.1 Å². The largest absolute Gasteiger partial charge is 0.416 e. The maximum Gasteiger partial charge on any atom is 0.416 e. The van der Waals surface area contributed by atoms with Gasteiger partial charge < -0.3 is 5.11 Å². The number of alkyl halides is 3. The maximum atomic E-state index is 13.8. The number of rotatable bonds is 6. The van der Waals surface area contributed by atoms with Crippen molar-refractivity contribution in [2.45, 2.75) is 39.0 Å². The van der Waals surface area contributed by atoms with Crippen molar-refractivity contribution in [3.63, 3.8) is 0 Å². The van der Waals surface area contributed by atoms with Crippen molar-refractivity contribution in [3.8, 4) is 22.4 Å². The first-order valence-electron chi connectivity index (χ1n) is 11.4. The molecule has 4 aromatic rings. The zero-order valence-corrected chi connectivity index (χ0v) is 19.7. The molecule has 0 bridgehead atoms. The third-order valence-corrected chi connectivity index (χ3v) is 6.05. The van der Waals surface area contributed by atoms with Gasteiger partial charge in [0.15, 0.2) is 0 Å². The highest BCUT2D eigenvalue weighted by Crippen LogP contribution is 2.39. The maximum absolute atomic E-state index is 13.8. The molecule has 1 aromatic heterocycles. The number of hydrogen-bond acceptors (Lipinski definition) is 2. The highest BCUT2D eigenvalue weighted by molar-refractivity contribution is 5.80. The highest BCUT2D eigenvalue weighted by atomic mass is 19.4. The molecule has 0 radical (unpaired) electrons. The number of benzene rings is 3. The lowest BCUT2D eigenvalue weighted by molar-refractivity contribution is -0.137. The number of halogens is 5. The summed E-state index contributed by atoms with van der Waals surface area (Å²) in [5, 5.41) is 10.5. The lowest BCUT2D eigenvalue weighted by atomic mass is 9.85. The van der Waals surface area contributed by atoms with E-state index in [-0.39, 0.29) is 12.3 Å². The third kappa shape index (κ3) is 5.31. The Labute approximate surface area is 206 Å². The molecule has 0 fully saturated rings. The topological polar surface area (TPSA) is 33.1 Å². The minimum Gasteiger partial charge on any atom is -0.392 e. The molecule has 0 spiro atoms. The SMILES string of the molecule is CC(C)c1nc(-c2ccc(F)cc2)c(CO)c(-c2ccc(F)cc2)c1Cc1ccc(C(F)(F)F)cc1. The van der Waals surface area contributed by atoms with Crippen LogP contribution in [0.4, 0.5) is 22.0 Å². The molecule has 0 atom stereocenters. The molecule has 4 rings (SSSR count). The fourth-order valence-electron chi connectivity index (χ4n) is 4.32. The van der Waals surface area contributed by atoms with Crippen LogP contribution in [0.25, 0.3) is 22.4 Å². The predicted octanol–water partition coefficient (Wildman–Crippen LogP) is 7.92. The van der Waals surface area contributed by atoms with E-state index >= 15 is 0 Å². The molecular weight excluding hydrogens is 473 g/mol. The zero-order valence-electron chi connectivity index (χ0n) is 19.7. The molecule has 7 heteroatoms. The Morgan fingerprint density at radius 1 is 0.750 bits per heavy atom. The van der Waals surface area contributed by atoms with Gasteiger partial charge in [-0.05, 0) is 83.1 Å². The summed E-state index contributed by atoms with van der Waals surface area (Å²) in [6, 6.07) is 16.5. The van der Waals surface area contributed by atoms with Crippen LogP contribution in [0.5, 0.6) is 0 Å². The zero-order chi connectivity index (χ0) is 26.0. The molecule has 2 nitrogen and oxygen atoms in total. The Balaban J connectivity index is 1.97. The minimum atomic E-state index is -4.44. The van der Waals surface area contributed by atoms with Gasteiger partial charge in [0, 0.05) is 16.8 Å². The molecule has 0 aliphatic carbocycles. The lowest BCUT2D eigenvalue weighted by Gasteiger charge is -2.23. The standard InChI is InChI=1S/C29H24F5NO/c1-17(2)27-24(15-18-3-9-21(10-4-18)29(32,33)34)26(19-5-11-22(30)12-6-19)25(16-36)28(35-27)20-7-13-23(31)14-8-20/h3-14,17,36H,15-16H2,1-2H3. The summed E-state index contributed by atoms with van der Waals surface area (Å²) >= 11 is 0. The molecule has 0 saturated carbocycles. The van der Waals surface area contributed by atoms with E-state index in [0.29, 0.717) is 39.2 Å². The fraction of sp³-hybridized carbons (Fsp3) is 0.207. The third-order valence-electron chi connectivity index (χ3n) is 6.05. The van der Waals surface area contributed by atoms with E-state index in [1.165, 1.54) is 36.4 Å². The second-order valence-electron chi connectivity index (χ2n) is 8.88. The van der Waals surface area contributed by atoms with E-state index < -0.39 is 30.0 Å². The van der Waals surface area contributed by atoms with Gasteiger partial charge in [0.2, 0.25) is 0 Å². The summed E-state index contributed by atoms with van der Waals surface area (Å²) in [6.45, 7) is 3.49. The Kier molecular flexibility index (Phi) is 7.22. The Morgan fingerprint density at radius 2 is 1.28 bits per heavy atom. The molecule has 0 aliphatic heterocycles. The molecule has 0 aliphatic rings. The van der Waals surface area contributed by atoms with Crippen LogP contribution in [0.3, 0.4) is 0 Å². The number of aliphatic hydroxyl groups is 1. The second-order valence-corrected chi connectivity index (χ2v) is 8.88. The van der Waals surface area contributed by atoms with Crippen LogP contribution in [0.15, 0.2) is 72.8 Å². The van der Waals surface area contributed by atoms with Gasteiger partial charge in [-0.3, -0.25) is 4.98 Å². The Hall–Kier alpha value is -3.58. The van der Waals surface area contributed by atoms with E-state index in [1.807, 2.05) is 13.8 Å². The molecule has 0 unspecified atom stereocenters. The number of pyridine rings is 1. The summed E-state index contributed by atoms with van der Waals surface area (Å²) in [7, 11) is 0. The van der Waals surface area contributed by atoms with Crippen molar-refractivity contribution in [1.29, 1.82) is 0 Å². The van der Waals surface area contributed by atoms with Gasteiger partial charge in [-0.1, -0.05) is 38.1 Å². The smallest absolute Gasteiger partial charge is 0.392 e. The average molecular weight is 498 g/mol. The number of aliphatic hydroxyl groups excluding tert-OH is 1. The van der Waals surface area contributed by atoms with Crippen molar-refractivity contribution in [2.75, 3.05) is 0 Å². The molecular formula is C29H24F5NO. The summed E-state index contributed by atoms with van der Waals surface area (Å²) in [4.78, 5) is 4.86. The van der Waals surface area contributed by atoms with Crippen LogP contribution in [-0.2, 0) is 19.2 Å². The molecule has 0 saturated heterocycles. The summed E-state index contributed by atoms with van der Waals surface area (Å²) in [5.41, 5.74) is 4.12. The van der Waals surface area contributed by atoms with Crippen molar-refractivity contribution in [1.82, 2.24) is 4.98 Å². The quantitative estimate of drug-likeness (QED) is 0.275. The van der Waals surface area contributed by atoms with Crippen molar-refractivity contribution in [3.05, 3.63) is 112 Å². The van der Waals surface area contributed by atoms with Gasteiger partial charge in [0.25, 0.3) is 0 Å². The van der Waals surface area contributed by atoms with Crippen LogP contribution in [0.2, 0.25) is 0 Å². The first kappa shape index (κ1) is 25.5. The number of hydrogen-bond donors (Lipinski definition) is 1. The monoisotopic (exact) mass is 497 g/mol. The number of nitrogens with zero attached hydrogens (tertiary/aromatic N) is 1. The van der Waals surface area contributed by atoms with Crippen molar-refractivity contribution in [2.24, 2.45) is 0 Å². The van der Waals surface area contributed by atoms with E-state index in [0.717, 1.165) is 17.7 Å². The van der Waals surface area contributed by atoms with Crippen LogP contribution >= 0.6 is 0 Å². The molecule has 0 amide bonds. The van der Waals surface area contributed by atoms with Crippen LogP contribution < -0.4 is 0 Å². The summed E-state index contributed by atoms with van der Waals surface area (Å²) in [6.07, 6.45) is -4.19. The van der Waals surface area contributed by atoms with Gasteiger partial charge in [0.1, 0.15) is 11.6 Å². The van der Waals surface area contributed by atoms with Crippen molar-refractivity contribution >= 4 is 0 Å². The first-order chi connectivity index (χ1) is 17.1. The van der Waals surface area contributed by atoms with Gasteiger partial charge >= 0.3 is 6.18 Å². The highest BCUT2D eigenvalue weighted by Gasteiger charge is 2.30. The normalized spacial score (nSPS) is 11.8. The van der Waals surface area contributed by atoms with Crippen LogP contribution in [0.1, 0.15) is 47.7 Å². The van der Waals surface area contributed by atoms with E-state index in [1.54, 1.807) is 24.3 Å². The lowest BCUT2D eigenvalue weighted by Crippen LogP contribution is -2.10. The fourth-order valence-corrected chi connectivity index (χ4v) is 4.32. The van der Waals surface area contributed by atoms with Gasteiger partial charge in [0.05, 0.1) is 17.9 Å². The Morgan fingerprint density at radius 3 is 1.75 bits per heavy atom. The molecule has 186 valence electrons. The summed E-state index contributed by atoms with van der Waals surface area (Å²) < 4.78 is 66.6. The van der Waals surface area contributed by atoms with E-state index in [4.69, 9.17) is 4.98 Å². The first-order valence-corrected chi connectivity index (χ1v) is 11.4. The molecule has 36 heavy (non-hydrogen) atoms. The Bertz CT molecular complexity index is 1340. The van der Waals surface area contributed by atoms with Gasteiger partial charge in [-0.2, -0.15) is 13.2 Å². The van der Waals surface area contributed by atoms with Crippen molar-refractivity contribution < 1.29 is 27.1 Å². The molecule has 3 aromatic carbocycles. The predicted molar refractivity (Wildman–Crippen MR) is 129 cm³/mol. The minimum absolute atomic E-state index is 0.0828. The van der Waals surface area contributed by atoms with Crippen LogP contribution in [0, 0.1) is 11.6 Å². The summed E-state index contributed by atoms with van der Waals surface area (Å²) in [5.74, 6) is -0.919. The molecule has 1 heterocycles. The van der Waals surface area contributed by atoms with E-state index in [9.17, 15) is 27.1 Å². The number of aromatic nitrogens is 1. The average Bonchev–Trinajstić information content (AvgIpc) is 2.84. The second kappa shape index (κ2) is 10.2. The van der Waals surface area contributed by atoms with Gasteiger partial charge in [-0.15, -0.1) is 0 Å².